The number of ether oxygens (including phenoxy) is 1. The summed E-state index contributed by atoms with van der Waals surface area (Å²) in [7, 11) is 3.38. The third kappa shape index (κ3) is 3.11. The fraction of sp³-hybridized carbons (Fsp3) is 0.350. The van der Waals surface area contributed by atoms with Crippen molar-refractivity contribution in [3.05, 3.63) is 47.5 Å². The number of aromatic nitrogens is 2. The van der Waals surface area contributed by atoms with Crippen LogP contribution in [0, 0.1) is 6.92 Å². The van der Waals surface area contributed by atoms with Crippen molar-refractivity contribution in [2.75, 3.05) is 7.11 Å². The highest BCUT2D eigenvalue weighted by Gasteiger charge is 2.33. The second kappa shape index (κ2) is 7.03. The highest BCUT2D eigenvalue weighted by molar-refractivity contribution is 6.00. The van der Waals surface area contributed by atoms with Crippen molar-refractivity contribution in [1.29, 1.82) is 0 Å². The topological polar surface area (TPSA) is 98.4 Å². The third-order valence-electron chi connectivity index (χ3n) is 5.16. The molecular weight excluding hydrogens is 360 g/mol. The number of methoxy groups -OCH3 is 1. The predicted molar refractivity (Wildman–Crippen MR) is 102 cm³/mol. The fourth-order valence-electron chi connectivity index (χ4n) is 3.70. The number of carbonyl (C=O) groups is 2. The zero-order valence-electron chi connectivity index (χ0n) is 16.0. The molecule has 2 N–H and O–H groups in total. The van der Waals surface area contributed by atoms with Crippen LogP contribution in [0.1, 0.15) is 40.6 Å². The molecule has 2 amide bonds. The van der Waals surface area contributed by atoms with Gasteiger partial charge in [0.25, 0.3) is 5.91 Å². The molecule has 4 rings (SSSR count). The van der Waals surface area contributed by atoms with E-state index >= 15 is 0 Å². The van der Waals surface area contributed by atoms with Crippen molar-refractivity contribution in [2.45, 2.75) is 31.8 Å². The van der Waals surface area contributed by atoms with Crippen molar-refractivity contribution in [3.8, 4) is 5.75 Å². The van der Waals surface area contributed by atoms with Crippen LogP contribution in [0.15, 0.2) is 35.0 Å². The summed E-state index contributed by atoms with van der Waals surface area (Å²) in [6, 6.07) is 4.96. The van der Waals surface area contributed by atoms with Crippen LogP contribution in [0.25, 0.3) is 11.0 Å². The zero-order chi connectivity index (χ0) is 19.8. The van der Waals surface area contributed by atoms with E-state index in [4.69, 9.17) is 9.15 Å². The summed E-state index contributed by atoms with van der Waals surface area (Å²) < 4.78 is 12.9. The lowest BCUT2D eigenvalue weighted by Crippen LogP contribution is -2.50. The molecule has 0 unspecified atom stereocenters. The number of rotatable bonds is 4. The van der Waals surface area contributed by atoms with Gasteiger partial charge >= 0.3 is 0 Å². The Morgan fingerprint density at radius 1 is 1.43 bits per heavy atom. The van der Waals surface area contributed by atoms with Crippen LogP contribution in [0.5, 0.6) is 5.75 Å². The molecule has 1 aromatic carbocycles. The zero-order valence-corrected chi connectivity index (χ0v) is 16.0. The Balaban J connectivity index is 1.62. The second-order valence-electron chi connectivity index (χ2n) is 7.00. The minimum Gasteiger partial charge on any atom is -0.493 e. The highest BCUT2D eigenvalue weighted by atomic mass is 16.5. The van der Waals surface area contributed by atoms with Gasteiger partial charge in [-0.25, -0.2) is 0 Å². The Kier molecular flexibility index (Phi) is 4.54. The molecule has 28 heavy (non-hydrogen) atoms. The number of piperidine rings is 1. The van der Waals surface area contributed by atoms with Gasteiger partial charge in [-0.05, 0) is 19.4 Å². The van der Waals surface area contributed by atoms with Crippen LogP contribution in [-0.2, 0) is 11.8 Å². The van der Waals surface area contributed by atoms with Gasteiger partial charge in [0.1, 0.15) is 0 Å². The fourth-order valence-corrected chi connectivity index (χ4v) is 3.70. The Bertz CT molecular complexity index is 1050. The lowest BCUT2D eigenvalue weighted by Gasteiger charge is -2.32. The van der Waals surface area contributed by atoms with Crippen molar-refractivity contribution in [2.24, 2.45) is 7.05 Å². The largest absolute Gasteiger partial charge is 0.493 e. The summed E-state index contributed by atoms with van der Waals surface area (Å²) in [4.78, 5) is 24.9. The first-order chi connectivity index (χ1) is 13.5. The first kappa shape index (κ1) is 18.1. The second-order valence-corrected chi connectivity index (χ2v) is 7.00. The number of nitrogens with one attached hydrogen (secondary N) is 2. The normalized spacial score (nSPS) is 19.5. The Morgan fingerprint density at radius 3 is 2.96 bits per heavy atom. The van der Waals surface area contributed by atoms with Gasteiger partial charge in [-0.3, -0.25) is 14.3 Å². The van der Waals surface area contributed by atoms with E-state index in [0.29, 0.717) is 24.2 Å². The molecular formula is C20H22N4O4. The standard InChI is InChI=1S/C20H22N4O4/c1-11-13-5-4-6-15(27-3)19(13)28-18(11)20(26)22-14-7-8-16(25)23-17(14)12-9-21-24(2)10-12/h4-6,9-10,14,17H,7-8H2,1-3H3,(H,22,26)(H,23,25)/t14-,17+/m0/s1. The average Bonchev–Trinajstić information content (AvgIpc) is 3.26. The van der Waals surface area contributed by atoms with Crippen molar-refractivity contribution < 1.29 is 18.7 Å². The number of hydrogen-bond donors (Lipinski definition) is 2. The van der Waals surface area contributed by atoms with E-state index in [2.05, 4.69) is 15.7 Å². The lowest BCUT2D eigenvalue weighted by atomic mass is 9.93. The van der Waals surface area contributed by atoms with E-state index in [1.807, 2.05) is 32.3 Å². The number of nitrogens with zero attached hydrogens (tertiary/aromatic N) is 2. The van der Waals surface area contributed by atoms with Gasteiger partial charge in [-0.2, -0.15) is 5.10 Å². The summed E-state index contributed by atoms with van der Waals surface area (Å²) in [6.45, 7) is 1.85. The van der Waals surface area contributed by atoms with Gasteiger partial charge < -0.3 is 19.8 Å². The number of carbonyl (C=O) groups excluding carboxylic acids is 2. The van der Waals surface area contributed by atoms with Crippen LogP contribution in [0.4, 0.5) is 0 Å². The number of hydrogen-bond acceptors (Lipinski definition) is 5. The smallest absolute Gasteiger partial charge is 0.287 e. The maximum Gasteiger partial charge on any atom is 0.287 e. The predicted octanol–water partition coefficient (Wildman–Crippen LogP) is 2.23. The Labute approximate surface area is 161 Å². The number of amides is 2. The molecule has 1 aliphatic heterocycles. The lowest BCUT2D eigenvalue weighted by molar-refractivity contribution is -0.123. The Hall–Kier alpha value is -3.29. The summed E-state index contributed by atoms with van der Waals surface area (Å²) in [6.07, 6.45) is 4.44. The first-order valence-corrected chi connectivity index (χ1v) is 9.13. The number of fused-ring (bicyclic) bond motifs is 1. The molecule has 146 valence electrons. The third-order valence-corrected chi connectivity index (χ3v) is 5.16. The molecule has 2 atom stereocenters. The minimum absolute atomic E-state index is 0.0380. The summed E-state index contributed by atoms with van der Waals surface area (Å²) in [5.74, 6) is 0.481. The van der Waals surface area contributed by atoms with Crippen LogP contribution in [0.2, 0.25) is 0 Å². The van der Waals surface area contributed by atoms with Gasteiger partial charge in [0.2, 0.25) is 5.91 Å². The molecule has 1 saturated heterocycles. The molecule has 3 heterocycles. The maximum absolute atomic E-state index is 13.0. The van der Waals surface area contributed by atoms with E-state index in [1.54, 1.807) is 24.1 Å². The number of furan rings is 1. The molecule has 0 radical (unpaired) electrons. The quantitative estimate of drug-likeness (QED) is 0.721. The van der Waals surface area contributed by atoms with E-state index in [9.17, 15) is 9.59 Å². The first-order valence-electron chi connectivity index (χ1n) is 9.13. The average molecular weight is 382 g/mol. The van der Waals surface area contributed by atoms with Crippen LogP contribution in [0.3, 0.4) is 0 Å². The van der Waals surface area contributed by atoms with E-state index in [0.717, 1.165) is 16.5 Å². The van der Waals surface area contributed by atoms with Gasteiger partial charge in [0.15, 0.2) is 17.1 Å². The molecule has 8 nitrogen and oxygen atoms in total. The van der Waals surface area contributed by atoms with Crippen molar-refractivity contribution in [1.82, 2.24) is 20.4 Å². The molecule has 0 bridgehead atoms. The molecule has 8 heteroatoms. The van der Waals surface area contributed by atoms with Gasteiger partial charge in [-0.15, -0.1) is 0 Å². The van der Waals surface area contributed by atoms with Crippen molar-refractivity contribution >= 4 is 22.8 Å². The van der Waals surface area contributed by atoms with E-state index < -0.39 is 0 Å². The molecule has 0 aliphatic carbocycles. The number of aryl methyl sites for hydroxylation is 2. The van der Waals surface area contributed by atoms with Gasteiger partial charge in [-0.1, -0.05) is 12.1 Å². The van der Waals surface area contributed by atoms with E-state index in [1.165, 1.54) is 0 Å². The van der Waals surface area contributed by atoms with Crippen molar-refractivity contribution in [3.63, 3.8) is 0 Å². The number of para-hydroxylation sites is 1. The molecule has 1 aliphatic rings. The molecule has 1 fully saturated rings. The number of benzene rings is 1. The minimum atomic E-state index is -0.335. The molecule has 0 spiro atoms. The summed E-state index contributed by atoms with van der Waals surface area (Å²) >= 11 is 0. The Morgan fingerprint density at radius 2 is 2.25 bits per heavy atom. The van der Waals surface area contributed by atoms with Gasteiger partial charge in [0.05, 0.1) is 25.4 Å². The van der Waals surface area contributed by atoms with E-state index in [-0.39, 0.29) is 29.7 Å². The molecule has 2 aromatic heterocycles. The van der Waals surface area contributed by atoms with Crippen LogP contribution >= 0.6 is 0 Å². The summed E-state index contributed by atoms with van der Waals surface area (Å²) in [5, 5.41) is 11.0. The monoisotopic (exact) mass is 382 g/mol. The SMILES string of the molecule is COc1cccc2c(C)c(C(=O)N[C@H]3CCC(=O)N[C@@H]3c3cnn(C)c3)oc12. The highest BCUT2D eigenvalue weighted by Crippen LogP contribution is 2.32. The van der Waals surface area contributed by atoms with Crippen LogP contribution < -0.4 is 15.4 Å². The maximum atomic E-state index is 13.0. The molecule has 0 saturated carbocycles. The van der Waals surface area contributed by atoms with Crippen LogP contribution in [-0.4, -0.2) is 34.7 Å². The summed E-state index contributed by atoms with van der Waals surface area (Å²) in [5.41, 5.74) is 2.15. The van der Waals surface area contributed by atoms with Gasteiger partial charge in [0, 0.05) is 36.2 Å². The molecule has 3 aromatic rings.